The lowest BCUT2D eigenvalue weighted by Gasteiger charge is -2.23. The molecule has 2 rings (SSSR count). The van der Waals surface area contributed by atoms with E-state index in [-0.39, 0.29) is 5.75 Å². The number of nitrogens with zero attached hydrogens (tertiary/aromatic N) is 3. The van der Waals surface area contributed by atoms with Crippen LogP contribution < -0.4 is 10.1 Å². The molecule has 0 atom stereocenters. The second kappa shape index (κ2) is 9.05. The largest absolute Gasteiger partial charge is 0.494 e. The van der Waals surface area contributed by atoms with Gasteiger partial charge in [-0.2, -0.15) is 0 Å². The third kappa shape index (κ3) is 5.61. The van der Waals surface area contributed by atoms with E-state index in [4.69, 9.17) is 4.74 Å². The highest BCUT2D eigenvalue weighted by atomic mass is 32.2. The molecule has 8 heteroatoms. The number of aliphatic imine (C=N–C) groups is 1. The number of hydrogen-bond donors (Lipinski definition) is 1. The standard InChI is InChI=1S/C17H28N4O3S/c1-4-24-16-8-6-15(7-9-16)14-20(3)17(18-2)19-10-12-21-11-5-13-25(21,22)23/h6-9H,4-5,10-14H2,1-3H3,(H,18,19). The van der Waals surface area contributed by atoms with E-state index in [1.54, 1.807) is 11.4 Å². The summed E-state index contributed by atoms with van der Waals surface area (Å²) in [6.45, 7) is 4.95. The van der Waals surface area contributed by atoms with Crippen molar-refractivity contribution in [3.63, 3.8) is 0 Å². The Hall–Kier alpha value is -1.80. The van der Waals surface area contributed by atoms with Gasteiger partial charge in [-0.3, -0.25) is 4.99 Å². The van der Waals surface area contributed by atoms with E-state index in [0.29, 0.717) is 39.2 Å². The van der Waals surface area contributed by atoms with E-state index in [2.05, 4.69) is 10.3 Å². The smallest absolute Gasteiger partial charge is 0.214 e. The van der Waals surface area contributed by atoms with Gasteiger partial charge in [0.15, 0.2) is 5.96 Å². The lowest BCUT2D eigenvalue weighted by atomic mass is 10.2. The summed E-state index contributed by atoms with van der Waals surface area (Å²) >= 11 is 0. The summed E-state index contributed by atoms with van der Waals surface area (Å²) < 4.78 is 30.6. The van der Waals surface area contributed by atoms with Crippen molar-refractivity contribution >= 4 is 16.0 Å². The molecule has 25 heavy (non-hydrogen) atoms. The molecule has 0 unspecified atom stereocenters. The fourth-order valence-corrected chi connectivity index (χ4v) is 4.35. The predicted molar refractivity (Wildman–Crippen MR) is 100 cm³/mol. The van der Waals surface area contributed by atoms with Crippen LogP contribution in [0.2, 0.25) is 0 Å². The zero-order valence-corrected chi connectivity index (χ0v) is 16.1. The Kier molecular flexibility index (Phi) is 7.07. The van der Waals surface area contributed by atoms with E-state index >= 15 is 0 Å². The summed E-state index contributed by atoms with van der Waals surface area (Å²) in [5.41, 5.74) is 1.15. The molecule has 1 saturated heterocycles. The Labute approximate surface area is 150 Å². The summed E-state index contributed by atoms with van der Waals surface area (Å²) in [6.07, 6.45) is 0.717. The van der Waals surface area contributed by atoms with E-state index in [1.807, 2.05) is 43.1 Å². The first-order valence-corrected chi connectivity index (χ1v) is 10.2. The highest BCUT2D eigenvalue weighted by Crippen LogP contribution is 2.14. The van der Waals surface area contributed by atoms with Crippen molar-refractivity contribution < 1.29 is 13.2 Å². The second-order valence-electron chi connectivity index (χ2n) is 5.98. The summed E-state index contributed by atoms with van der Waals surface area (Å²) in [7, 11) is 0.641. The van der Waals surface area contributed by atoms with Gasteiger partial charge in [-0.1, -0.05) is 12.1 Å². The number of sulfonamides is 1. The lowest BCUT2D eigenvalue weighted by molar-refractivity contribution is 0.340. The van der Waals surface area contributed by atoms with Gasteiger partial charge in [0.1, 0.15) is 5.75 Å². The maximum Gasteiger partial charge on any atom is 0.214 e. The fourth-order valence-electron chi connectivity index (χ4n) is 2.83. The molecule has 0 amide bonds. The third-order valence-electron chi connectivity index (χ3n) is 4.07. The van der Waals surface area contributed by atoms with Gasteiger partial charge in [-0.05, 0) is 31.0 Å². The Morgan fingerprint density at radius 1 is 1.36 bits per heavy atom. The number of rotatable bonds is 7. The van der Waals surface area contributed by atoms with Gasteiger partial charge in [0.25, 0.3) is 0 Å². The van der Waals surface area contributed by atoms with Crippen LogP contribution in [0.4, 0.5) is 0 Å². The van der Waals surface area contributed by atoms with Gasteiger partial charge < -0.3 is 15.0 Å². The van der Waals surface area contributed by atoms with Gasteiger partial charge in [0, 0.05) is 40.3 Å². The Morgan fingerprint density at radius 3 is 2.64 bits per heavy atom. The number of benzene rings is 1. The van der Waals surface area contributed by atoms with Crippen molar-refractivity contribution in [3.05, 3.63) is 29.8 Å². The maximum atomic E-state index is 11.8. The van der Waals surface area contributed by atoms with Crippen molar-refractivity contribution in [3.8, 4) is 5.75 Å². The van der Waals surface area contributed by atoms with Crippen molar-refractivity contribution in [1.29, 1.82) is 0 Å². The minimum atomic E-state index is -3.04. The zero-order valence-electron chi connectivity index (χ0n) is 15.2. The molecule has 1 aliphatic heterocycles. The molecule has 1 N–H and O–H groups in total. The molecular formula is C17H28N4O3S. The van der Waals surface area contributed by atoms with Gasteiger partial charge in [0.05, 0.1) is 12.4 Å². The Bertz CT molecular complexity index is 674. The average molecular weight is 369 g/mol. The van der Waals surface area contributed by atoms with Crippen LogP contribution in [0, 0.1) is 0 Å². The molecule has 0 saturated carbocycles. The normalized spacial score (nSPS) is 17.5. The minimum Gasteiger partial charge on any atom is -0.494 e. The van der Waals surface area contributed by atoms with Crippen molar-refractivity contribution in [2.75, 3.05) is 46.1 Å². The molecule has 1 aliphatic rings. The van der Waals surface area contributed by atoms with Crippen molar-refractivity contribution in [2.24, 2.45) is 4.99 Å². The SMILES string of the molecule is CCOc1ccc(CN(C)C(=NC)NCCN2CCCS2(=O)=O)cc1. The molecule has 1 aromatic carbocycles. The van der Waals surface area contributed by atoms with Crippen LogP contribution in [0.25, 0.3) is 0 Å². The monoisotopic (exact) mass is 368 g/mol. The molecule has 0 aliphatic carbocycles. The first-order valence-electron chi connectivity index (χ1n) is 8.57. The topological polar surface area (TPSA) is 74.2 Å². The maximum absolute atomic E-state index is 11.8. The number of guanidine groups is 1. The Balaban J connectivity index is 1.83. The summed E-state index contributed by atoms with van der Waals surface area (Å²) in [4.78, 5) is 6.28. The van der Waals surface area contributed by atoms with E-state index in [1.165, 1.54) is 0 Å². The molecule has 7 nitrogen and oxygen atoms in total. The van der Waals surface area contributed by atoms with Crippen LogP contribution in [0.5, 0.6) is 5.75 Å². The fraction of sp³-hybridized carbons (Fsp3) is 0.588. The van der Waals surface area contributed by atoms with Crippen LogP contribution in [0.3, 0.4) is 0 Å². The van der Waals surface area contributed by atoms with Crippen LogP contribution >= 0.6 is 0 Å². The van der Waals surface area contributed by atoms with E-state index in [0.717, 1.165) is 17.3 Å². The van der Waals surface area contributed by atoms with Crippen LogP contribution in [-0.2, 0) is 16.6 Å². The van der Waals surface area contributed by atoms with Crippen LogP contribution in [0.15, 0.2) is 29.3 Å². The van der Waals surface area contributed by atoms with Crippen LogP contribution in [-0.4, -0.2) is 69.7 Å². The zero-order chi connectivity index (χ0) is 18.3. The predicted octanol–water partition coefficient (Wildman–Crippen LogP) is 1.13. The first-order chi connectivity index (χ1) is 12.0. The summed E-state index contributed by atoms with van der Waals surface area (Å²) in [6, 6.07) is 7.99. The molecule has 0 spiro atoms. The summed E-state index contributed by atoms with van der Waals surface area (Å²) in [5.74, 6) is 1.87. The molecule has 0 aromatic heterocycles. The lowest BCUT2D eigenvalue weighted by Crippen LogP contribution is -2.42. The number of nitrogens with one attached hydrogen (secondary N) is 1. The third-order valence-corrected chi connectivity index (χ3v) is 6.03. The van der Waals surface area contributed by atoms with Crippen molar-refractivity contribution in [2.45, 2.75) is 19.9 Å². The number of hydrogen-bond acceptors (Lipinski definition) is 4. The van der Waals surface area contributed by atoms with Gasteiger partial charge in [-0.25, -0.2) is 12.7 Å². The second-order valence-corrected chi connectivity index (χ2v) is 8.06. The van der Waals surface area contributed by atoms with Gasteiger partial charge in [0.2, 0.25) is 10.0 Å². The molecule has 140 valence electrons. The quantitative estimate of drug-likeness (QED) is 0.577. The molecular weight excluding hydrogens is 340 g/mol. The molecule has 0 bridgehead atoms. The van der Waals surface area contributed by atoms with Crippen molar-refractivity contribution in [1.82, 2.24) is 14.5 Å². The molecule has 1 aromatic rings. The summed E-state index contributed by atoms with van der Waals surface area (Å²) in [5, 5.41) is 3.23. The highest BCUT2D eigenvalue weighted by Gasteiger charge is 2.27. The van der Waals surface area contributed by atoms with Gasteiger partial charge >= 0.3 is 0 Å². The van der Waals surface area contributed by atoms with Crippen LogP contribution in [0.1, 0.15) is 18.9 Å². The average Bonchev–Trinajstić information content (AvgIpc) is 2.92. The number of ether oxygens (including phenoxy) is 1. The minimum absolute atomic E-state index is 0.263. The highest BCUT2D eigenvalue weighted by molar-refractivity contribution is 7.89. The van der Waals surface area contributed by atoms with E-state index < -0.39 is 10.0 Å². The van der Waals surface area contributed by atoms with Gasteiger partial charge in [-0.15, -0.1) is 0 Å². The molecule has 0 radical (unpaired) electrons. The first kappa shape index (κ1) is 19.5. The Morgan fingerprint density at radius 2 is 2.08 bits per heavy atom. The van der Waals surface area contributed by atoms with E-state index in [9.17, 15) is 8.42 Å². The molecule has 1 fully saturated rings. The molecule has 1 heterocycles.